The van der Waals surface area contributed by atoms with Crippen LogP contribution in [0, 0.1) is 0 Å². The third-order valence-electron chi connectivity index (χ3n) is 5.62. The van der Waals surface area contributed by atoms with Gasteiger partial charge < -0.3 is 15.3 Å². The van der Waals surface area contributed by atoms with E-state index >= 15 is 0 Å². The molecule has 4 aromatic carbocycles. The Bertz CT molecular complexity index is 2270. The first-order valence-electron chi connectivity index (χ1n) is 10.5. The molecule has 0 spiro atoms. The number of benzene rings is 4. The van der Waals surface area contributed by atoms with E-state index in [1.165, 1.54) is 0 Å². The smallest absolute Gasteiger partial charge is 0.296 e. The summed E-state index contributed by atoms with van der Waals surface area (Å²) in [4.78, 5) is -3.37. The number of hydrogen-bond acceptors (Lipinski definition) is 13. The quantitative estimate of drug-likeness (QED) is 0.129. The maximum absolute atomic E-state index is 12.1. The second kappa shape index (κ2) is 9.58. The van der Waals surface area contributed by atoms with E-state index < -0.39 is 99.2 Å². The second-order valence-corrected chi connectivity index (χ2v) is 14.7. The Kier molecular flexibility index (Phi) is 7.02. The third-order valence-corrected chi connectivity index (χ3v) is 9.24. The van der Waals surface area contributed by atoms with Crippen LogP contribution in [-0.2, 0) is 40.2 Å². The summed E-state index contributed by atoms with van der Waals surface area (Å²) in [6.07, 6.45) is 0.800. The van der Waals surface area contributed by atoms with Crippen LogP contribution in [0.4, 0.5) is 11.4 Å². The highest BCUT2D eigenvalue weighted by Gasteiger charge is 2.26. The predicted molar refractivity (Wildman–Crippen MR) is 140 cm³/mol. The molecule has 0 atom stereocenters. The standard InChI is InChI=1S/C21H16N2O14S4/c1-38(27,28)11-2-9-3-12(39(29,30)31)6-14(18(9)15(24)7-11)22-23-20-17(41(35,36)37)5-10-4-13(40(32,33)34)8-16(25)19(10)21(20)26/h2-8,24-26H,1H3,(H,29,30,31)(H,32,33,34)(H,35,36,37). The Morgan fingerprint density at radius 2 is 1.02 bits per heavy atom. The predicted octanol–water partition coefficient (Wildman–Crippen LogP) is 2.67. The zero-order valence-corrected chi connectivity index (χ0v) is 23.3. The molecule has 0 bridgehead atoms. The van der Waals surface area contributed by atoms with Crippen LogP contribution >= 0.6 is 0 Å². The van der Waals surface area contributed by atoms with Crippen molar-refractivity contribution >= 4 is 73.1 Å². The van der Waals surface area contributed by atoms with Crippen molar-refractivity contribution in [2.45, 2.75) is 19.6 Å². The van der Waals surface area contributed by atoms with Crippen LogP contribution in [0.15, 0.2) is 72.3 Å². The van der Waals surface area contributed by atoms with Gasteiger partial charge in [0.15, 0.2) is 15.6 Å². The third kappa shape index (κ3) is 5.79. The highest BCUT2D eigenvalue weighted by molar-refractivity contribution is 7.90. The van der Waals surface area contributed by atoms with Gasteiger partial charge in [-0.1, -0.05) is 0 Å². The normalized spacial score (nSPS) is 13.4. The maximum atomic E-state index is 12.1. The van der Waals surface area contributed by atoms with Crippen LogP contribution in [-0.4, -0.2) is 68.9 Å². The van der Waals surface area contributed by atoms with Crippen LogP contribution in [0.5, 0.6) is 17.2 Å². The summed E-state index contributed by atoms with van der Waals surface area (Å²) in [6.45, 7) is 0. The molecule has 16 nitrogen and oxygen atoms in total. The number of sulfone groups is 1. The lowest BCUT2D eigenvalue weighted by Crippen LogP contribution is -2.01. The number of phenolic OH excluding ortho intramolecular Hbond substituents is 3. The Balaban J connectivity index is 2.09. The van der Waals surface area contributed by atoms with Crippen molar-refractivity contribution in [1.29, 1.82) is 0 Å². The highest BCUT2D eigenvalue weighted by atomic mass is 32.2. The molecule has 0 aliphatic rings. The maximum Gasteiger partial charge on any atom is 0.296 e. The molecule has 0 heterocycles. The zero-order valence-electron chi connectivity index (χ0n) is 20.0. The molecule has 0 unspecified atom stereocenters. The first-order chi connectivity index (χ1) is 18.6. The molecule has 218 valence electrons. The van der Waals surface area contributed by atoms with Crippen LogP contribution in [0.25, 0.3) is 21.5 Å². The number of hydrogen-bond donors (Lipinski definition) is 6. The molecule has 0 aliphatic heterocycles. The number of nitrogens with zero attached hydrogens (tertiary/aromatic N) is 2. The topological polar surface area (TPSA) is 283 Å². The highest BCUT2D eigenvalue weighted by Crippen LogP contribution is 2.46. The van der Waals surface area contributed by atoms with E-state index in [1.807, 2.05) is 0 Å². The fraction of sp³-hybridized carbons (Fsp3) is 0.0476. The van der Waals surface area contributed by atoms with Gasteiger partial charge in [0.05, 0.1) is 31.1 Å². The lowest BCUT2D eigenvalue weighted by molar-refractivity contribution is 0.457. The number of aromatic hydroxyl groups is 3. The van der Waals surface area contributed by atoms with E-state index in [-0.39, 0.29) is 10.8 Å². The molecular weight excluding hydrogens is 632 g/mol. The number of phenols is 3. The molecule has 41 heavy (non-hydrogen) atoms. The minimum atomic E-state index is -5.28. The van der Waals surface area contributed by atoms with Crippen LogP contribution < -0.4 is 0 Å². The van der Waals surface area contributed by atoms with Crippen LogP contribution in [0.3, 0.4) is 0 Å². The molecule has 0 amide bonds. The van der Waals surface area contributed by atoms with Crippen LogP contribution in [0.1, 0.15) is 0 Å². The molecule has 4 rings (SSSR count). The van der Waals surface area contributed by atoms with E-state index in [9.17, 15) is 62.6 Å². The lowest BCUT2D eigenvalue weighted by atomic mass is 10.1. The summed E-state index contributed by atoms with van der Waals surface area (Å²) < 4.78 is 123. The Morgan fingerprint density at radius 3 is 1.54 bits per heavy atom. The SMILES string of the molecule is CS(=O)(=O)c1cc(O)c2c(N=Nc3c(S(=O)(=O)O)cc4cc(S(=O)(=O)O)cc(O)c4c3O)cc(S(=O)(=O)O)cc2c1. The molecule has 20 heteroatoms. The molecule has 4 aromatic rings. The molecule has 0 saturated carbocycles. The summed E-state index contributed by atoms with van der Waals surface area (Å²) >= 11 is 0. The van der Waals surface area contributed by atoms with Crippen molar-refractivity contribution in [3.8, 4) is 17.2 Å². The van der Waals surface area contributed by atoms with Gasteiger partial charge >= 0.3 is 0 Å². The van der Waals surface area contributed by atoms with E-state index in [0.717, 1.165) is 24.5 Å². The minimum absolute atomic E-state index is 0.275. The number of rotatable bonds is 6. The second-order valence-electron chi connectivity index (χ2n) is 8.49. The van der Waals surface area contributed by atoms with Gasteiger partial charge in [0.1, 0.15) is 22.1 Å². The van der Waals surface area contributed by atoms with E-state index in [4.69, 9.17) is 0 Å². The van der Waals surface area contributed by atoms with Gasteiger partial charge in [-0.2, -0.15) is 25.3 Å². The van der Waals surface area contributed by atoms with Gasteiger partial charge in [-0.3, -0.25) is 13.7 Å². The Morgan fingerprint density at radius 1 is 0.561 bits per heavy atom. The number of azo groups is 1. The molecule has 0 saturated heterocycles. The first-order valence-corrected chi connectivity index (χ1v) is 16.7. The zero-order chi connectivity index (χ0) is 30.9. The lowest BCUT2D eigenvalue weighted by Gasteiger charge is -2.12. The molecule has 6 N–H and O–H groups in total. The molecule has 0 radical (unpaired) electrons. The fourth-order valence-corrected chi connectivity index (χ4v) is 6.24. The van der Waals surface area contributed by atoms with E-state index in [1.54, 1.807) is 0 Å². The Labute approximate surface area is 231 Å². The van der Waals surface area contributed by atoms with Crippen molar-refractivity contribution in [1.82, 2.24) is 0 Å². The van der Waals surface area contributed by atoms with Crippen molar-refractivity contribution < 1.29 is 62.6 Å². The van der Waals surface area contributed by atoms with Gasteiger partial charge in [0.25, 0.3) is 30.4 Å². The average Bonchev–Trinajstić information content (AvgIpc) is 2.80. The van der Waals surface area contributed by atoms with E-state index in [2.05, 4.69) is 10.2 Å². The molecule has 0 aliphatic carbocycles. The molecular formula is C21H16N2O14S4. The van der Waals surface area contributed by atoms with Gasteiger partial charge in [-0.15, -0.1) is 10.2 Å². The molecule has 0 fully saturated rings. The van der Waals surface area contributed by atoms with E-state index in [0.29, 0.717) is 24.3 Å². The summed E-state index contributed by atoms with van der Waals surface area (Å²) in [7, 11) is -19.1. The Hall–Kier alpha value is -3.92. The van der Waals surface area contributed by atoms with Crippen LogP contribution in [0.2, 0.25) is 0 Å². The van der Waals surface area contributed by atoms with Gasteiger partial charge in [-0.05, 0) is 47.2 Å². The summed E-state index contributed by atoms with van der Waals surface area (Å²) in [6, 6.07) is 4.98. The van der Waals surface area contributed by atoms with Crippen molar-refractivity contribution in [3.05, 3.63) is 42.5 Å². The molecule has 0 aromatic heterocycles. The summed E-state index contributed by atoms with van der Waals surface area (Å²) in [5.74, 6) is -2.90. The fourth-order valence-electron chi connectivity index (χ4n) is 3.84. The van der Waals surface area contributed by atoms with Crippen molar-refractivity contribution in [2.24, 2.45) is 10.2 Å². The van der Waals surface area contributed by atoms with Gasteiger partial charge in [0.2, 0.25) is 0 Å². The van der Waals surface area contributed by atoms with Gasteiger partial charge in [-0.25, -0.2) is 8.42 Å². The monoisotopic (exact) mass is 648 g/mol. The summed E-state index contributed by atoms with van der Waals surface area (Å²) in [5, 5.41) is 37.1. The van der Waals surface area contributed by atoms with Crippen molar-refractivity contribution in [2.75, 3.05) is 6.26 Å². The first kappa shape index (κ1) is 30.0. The summed E-state index contributed by atoms with van der Waals surface area (Å²) in [5.41, 5.74) is -1.65. The number of fused-ring (bicyclic) bond motifs is 2. The largest absolute Gasteiger partial charge is 0.507 e. The van der Waals surface area contributed by atoms with Crippen molar-refractivity contribution in [3.63, 3.8) is 0 Å². The van der Waals surface area contributed by atoms with Gasteiger partial charge in [0, 0.05) is 12.3 Å². The minimum Gasteiger partial charge on any atom is -0.507 e. The average molecular weight is 649 g/mol.